The summed E-state index contributed by atoms with van der Waals surface area (Å²) in [4.78, 5) is 12.6. The van der Waals surface area contributed by atoms with Gasteiger partial charge in [-0.3, -0.25) is 4.99 Å². The SMILES string of the molecule is CN=C(NCc1sc(C)nc1C)N1CCC(OCC2CC2)CC1. The van der Waals surface area contributed by atoms with Crippen LogP contribution in [0.3, 0.4) is 0 Å². The summed E-state index contributed by atoms with van der Waals surface area (Å²) >= 11 is 1.76. The van der Waals surface area contributed by atoms with Gasteiger partial charge in [0.1, 0.15) is 0 Å². The quantitative estimate of drug-likeness (QED) is 0.663. The number of ether oxygens (including phenoxy) is 1. The van der Waals surface area contributed by atoms with Crippen LogP contribution in [0.25, 0.3) is 0 Å². The molecular weight excluding hydrogens is 308 g/mol. The van der Waals surface area contributed by atoms with E-state index in [1.54, 1.807) is 11.3 Å². The van der Waals surface area contributed by atoms with Gasteiger partial charge in [-0.25, -0.2) is 4.98 Å². The van der Waals surface area contributed by atoms with Crippen molar-refractivity contribution in [3.05, 3.63) is 15.6 Å². The Hall–Kier alpha value is -1.14. The van der Waals surface area contributed by atoms with Crippen LogP contribution in [0.2, 0.25) is 0 Å². The molecule has 1 aliphatic heterocycles. The van der Waals surface area contributed by atoms with E-state index >= 15 is 0 Å². The zero-order valence-electron chi connectivity index (χ0n) is 14.5. The van der Waals surface area contributed by atoms with Gasteiger partial charge in [-0.05, 0) is 45.4 Å². The lowest BCUT2D eigenvalue weighted by Gasteiger charge is -2.34. The zero-order valence-corrected chi connectivity index (χ0v) is 15.3. The standard InChI is InChI=1S/C17H28N4OS/c1-12-16(23-13(2)20-12)10-19-17(18-3)21-8-6-15(7-9-21)22-11-14-4-5-14/h14-15H,4-11H2,1-3H3,(H,18,19). The van der Waals surface area contributed by atoms with Crippen molar-refractivity contribution in [3.63, 3.8) is 0 Å². The third-order valence-corrected chi connectivity index (χ3v) is 5.70. The number of nitrogens with zero attached hydrogens (tertiary/aromatic N) is 3. The molecule has 6 heteroatoms. The van der Waals surface area contributed by atoms with Crippen molar-refractivity contribution >= 4 is 17.3 Å². The molecule has 1 saturated heterocycles. The maximum absolute atomic E-state index is 6.02. The molecular formula is C17H28N4OS. The summed E-state index contributed by atoms with van der Waals surface area (Å²) in [5, 5.41) is 4.62. The molecule has 0 aromatic carbocycles. The van der Waals surface area contributed by atoms with Gasteiger partial charge < -0.3 is 15.0 Å². The molecule has 1 N–H and O–H groups in total. The number of rotatable bonds is 5. The number of guanidine groups is 1. The average molecular weight is 337 g/mol. The van der Waals surface area contributed by atoms with Gasteiger partial charge in [-0.2, -0.15) is 0 Å². The highest BCUT2D eigenvalue weighted by Crippen LogP contribution is 2.30. The minimum atomic E-state index is 0.441. The molecule has 2 fully saturated rings. The van der Waals surface area contributed by atoms with E-state index in [9.17, 15) is 0 Å². The number of hydrogen-bond donors (Lipinski definition) is 1. The second-order valence-electron chi connectivity index (χ2n) is 6.61. The number of hydrogen-bond acceptors (Lipinski definition) is 4. The number of aryl methyl sites for hydroxylation is 2. The number of aromatic nitrogens is 1. The lowest BCUT2D eigenvalue weighted by molar-refractivity contribution is 0.0131. The monoisotopic (exact) mass is 336 g/mol. The first-order valence-corrected chi connectivity index (χ1v) is 9.47. The Balaban J connectivity index is 1.44. The molecule has 2 heterocycles. The van der Waals surface area contributed by atoms with Gasteiger partial charge in [0.05, 0.1) is 23.4 Å². The second-order valence-corrected chi connectivity index (χ2v) is 7.89. The van der Waals surface area contributed by atoms with E-state index < -0.39 is 0 Å². The first-order valence-electron chi connectivity index (χ1n) is 8.66. The lowest BCUT2D eigenvalue weighted by atomic mass is 10.1. The first kappa shape index (κ1) is 16.7. The van der Waals surface area contributed by atoms with Crippen LogP contribution in [0.1, 0.15) is 41.3 Å². The number of nitrogens with one attached hydrogen (secondary N) is 1. The smallest absolute Gasteiger partial charge is 0.193 e. The van der Waals surface area contributed by atoms with Crippen LogP contribution in [0, 0.1) is 19.8 Å². The molecule has 5 nitrogen and oxygen atoms in total. The third-order valence-electron chi connectivity index (χ3n) is 4.62. The molecule has 2 aliphatic rings. The van der Waals surface area contributed by atoms with Crippen molar-refractivity contribution in [1.82, 2.24) is 15.2 Å². The van der Waals surface area contributed by atoms with Gasteiger partial charge in [-0.15, -0.1) is 11.3 Å². The Bertz CT molecular complexity index is 545. The Morgan fingerprint density at radius 1 is 1.30 bits per heavy atom. The minimum Gasteiger partial charge on any atom is -0.378 e. The topological polar surface area (TPSA) is 49.8 Å². The molecule has 3 rings (SSSR count). The number of likely N-dealkylation sites (tertiary alicyclic amines) is 1. The maximum Gasteiger partial charge on any atom is 0.193 e. The molecule has 0 spiro atoms. The Labute approximate surface area is 143 Å². The molecule has 0 unspecified atom stereocenters. The van der Waals surface area contributed by atoms with Crippen molar-refractivity contribution in [3.8, 4) is 0 Å². The Morgan fingerprint density at radius 2 is 2.04 bits per heavy atom. The van der Waals surface area contributed by atoms with Crippen molar-refractivity contribution in [2.24, 2.45) is 10.9 Å². The van der Waals surface area contributed by atoms with Crippen molar-refractivity contribution < 1.29 is 4.74 Å². The molecule has 1 aromatic rings. The van der Waals surface area contributed by atoms with Crippen LogP contribution in [-0.2, 0) is 11.3 Å². The highest BCUT2D eigenvalue weighted by molar-refractivity contribution is 7.11. The average Bonchev–Trinajstić information content (AvgIpc) is 3.32. The summed E-state index contributed by atoms with van der Waals surface area (Å²) < 4.78 is 6.02. The molecule has 0 amide bonds. The van der Waals surface area contributed by atoms with Gasteiger partial charge in [0.15, 0.2) is 5.96 Å². The highest BCUT2D eigenvalue weighted by atomic mass is 32.1. The minimum absolute atomic E-state index is 0.441. The molecule has 23 heavy (non-hydrogen) atoms. The summed E-state index contributed by atoms with van der Waals surface area (Å²) in [6.07, 6.45) is 5.38. The number of piperidine rings is 1. The van der Waals surface area contributed by atoms with E-state index in [2.05, 4.69) is 34.0 Å². The number of thiazole rings is 1. The highest BCUT2D eigenvalue weighted by Gasteiger charge is 2.26. The lowest BCUT2D eigenvalue weighted by Crippen LogP contribution is -2.46. The fraction of sp³-hybridized carbons (Fsp3) is 0.765. The summed E-state index contributed by atoms with van der Waals surface area (Å²) in [7, 11) is 1.86. The predicted molar refractivity (Wildman–Crippen MR) is 95.1 cm³/mol. The van der Waals surface area contributed by atoms with Crippen LogP contribution >= 0.6 is 11.3 Å². The van der Waals surface area contributed by atoms with Crippen molar-refractivity contribution in [2.45, 2.75) is 52.2 Å². The fourth-order valence-corrected chi connectivity index (χ4v) is 3.90. The molecule has 0 atom stereocenters. The molecule has 0 radical (unpaired) electrons. The van der Waals surface area contributed by atoms with Gasteiger partial charge in [0.2, 0.25) is 0 Å². The summed E-state index contributed by atoms with van der Waals surface area (Å²) in [5.74, 6) is 1.85. The first-order chi connectivity index (χ1) is 11.2. The van der Waals surface area contributed by atoms with Gasteiger partial charge in [0, 0.05) is 31.6 Å². The molecule has 1 aromatic heterocycles. The van der Waals surface area contributed by atoms with Crippen LogP contribution in [0.5, 0.6) is 0 Å². The summed E-state index contributed by atoms with van der Waals surface area (Å²) in [6, 6.07) is 0. The fourth-order valence-electron chi connectivity index (χ4n) is 3.02. The van der Waals surface area contributed by atoms with Gasteiger partial charge in [0.25, 0.3) is 0 Å². The van der Waals surface area contributed by atoms with Crippen LogP contribution in [0.15, 0.2) is 4.99 Å². The van der Waals surface area contributed by atoms with E-state index in [-0.39, 0.29) is 0 Å². The van der Waals surface area contributed by atoms with E-state index in [0.29, 0.717) is 6.10 Å². The molecule has 128 valence electrons. The molecule has 1 saturated carbocycles. The third kappa shape index (κ3) is 4.67. The maximum atomic E-state index is 6.02. The van der Waals surface area contributed by atoms with Gasteiger partial charge >= 0.3 is 0 Å². The van der Waals surface area contributed by atoms with Crippen LogP contribution in [0.4, 0.5) is 0 Å². The van der Waals surface area contributed by atoms with E-state index in [4.69, 9.17) is 4.74 Å². The van der Waals surface area contributed by atoms with Crippen molar-refractivity contribution in [1.29, 1.82) is 0 Å². The van der Waals surface area contributed by atoms with E-state index in [1.807, 2.05) is 7.05 Å². The Morgan fingerprint density at radius 3 is 2.61 bits per heavy atom. The number of aliphatic imine (C=N–C) groups is 1. The largest absolute Gasteiger partial charge is 0.378 e. The van der Waals surface area contributed by atoms with Crippen LogP contribution in [-0.4, -0.2) is 48.7 Å². The van der Waals surface area contributed by atoms with E-state index in [0.717, 1.165) is 61.7 Å². The van der Waals surface area contributed by atoms with Crippen molar-refractivity contribution in [2.75, 3.05) is 26.7 Å². The normalized spacial score (nSPS) is 20.1. The molecule has 1 aliphatic carbocycles. The molecule has 0 bridgehead atoms. The summed E-state index contributed by atoms with van der Waals surface area (Å²) in [6.45, 7) is 7.96. The second kappa shape index (κ2) is 7.62. The van der Waals surface area contributed by atoms with E-state index in [1.165, 1.54) is 17.7 Å². The Kier molecular flexibility index (Phi) is 5.54. The van der Waals surface area contributed by atoms with Crippen LogP contribution < -0.4 is 5.32 Å². The predicted octanol–water partition coefficient (Wildman–Crippen LogP) is 2.73. The zero-order chi connectivity index (χ0) is 16.2. The summed E-state index contributed by atoms with van der Waals surface area (Å²) in [5.41, 5.74) is 1.13. The van der Waals surface area contributed by atoms with Gasteiger partial charge in [-0.1, -0.05) is 0 Å².